The summed E-state index contributed by atoms with van der Waals surface area (Å²) in [6, 6.07) is 0. The van der Waals surface area contributed by atoms with Gasteiger partial charge in [0.15, 0.2) is 5.69 Å². The molecule has 1 heterocycles. The Hall–Kier alpha value is -1.60. The van der Waals surface area contributed by atoms with Gasteiger partial charge in [-0.2, -0.15) is 0 Å². The predicted molar refractivity (Wildman–Crippen MR) is 53.7 cm³/mol. The first-order chi connectivity index (χ1) is 6.53. The smallest absolute Gasteiger partial charge is 0.248 e. The summed E-state index contributed by atoms with van der Waals surface area (Å²) in [5.41, 5.74) is 5.68. The first-order valence-corrected chi connectivity index (χ1v) is 4.20. The Morgan fingerprint density at radius 1 is 1.36 bits per heavy atom. The Labute approximate surface area is 83.5 Å². The molecule has 0 aliphatic rings. The van der Waals surface area contributed by atoms with Gasteiger partial charge in [0.1, 0.15) is 0 Å². The van der Waals surface area contributed by atoms with Crippen molar-refractivity contribution in [1.29, 1.82) is 0 Å². The van der Waals surface area contributed by atoms with E-state index in [4.69, 9.17) is 10.5 Å². The van der Waals surface area contributed by atoms with Crippen LogP contribution < -0.4 is 10.5 Å². The summed E-state index contributed by atoms with van der Waals surface area (Å²) in [7, 11) is 1.53. The third-order valence-corrected chi connectivity index (χ3v) is 1.36. The molecular formula is C10H13N3O. The zero-order chi connectivity index (χ0) is 10.6. The number of hydrogen-bond acceptors (Lipinski definition) is 4. The van der Waals surface area contributed by atoms with Crippen molar-refractivity contribution in [3.63, 3.8) is 0 Å². The van der Waals surface area contributed by atoms with E-state index >= 15 is 0 Å². The SMILES string of the molecule is COc1nccnc1C#CC(C)(C)N. The summed E-state index contributed by atoms with van der Waals surface area (Å²) < 4.78 is 4.99. The Morgan fingerprint density at radius 2 is 2.00 bits per heavy atom. The van der Waals surface area contributed by atoms with Crippen LogP contribution in [0.25, 0.3) is 0 Å². The lowest BCUT2D eigenvalue weighted by atomic mass is 10.1. The fourth-order valence-corrected chi connectivity index (χ4v) is 0.781. The second-order valence-corrected chi connectivity index (χ2v) is 3.39. The van der Waals surface area contributed by atoms with Gasteiger partial charge in [0, 0.05) is 12.4 Å². The van der Waals surface area contributed by atoms with Gasteiger partial charge in [0.2, 0.25) is 5.88 Å². The molecule has 0 saturated heterocycles. The number of nitrogens with zero attached hydrogens (tertiary/aromatic N) is 2. The van der Waals surface area contributed by atoms with Crippen LogP contribution in [-0.2, 0) is 0 Å². The molecule has 0 aromatic carbocycles. The first kappa shape index (κ1) is 10.5. The summed E-state index contributed by atoms with van der Waals surface area (Å²) in [5, 5.41) is 0. The zero-order valence-corrected chi connectivity index (χ0v) is 8.53. The quantitative estimate of drug-likeness (QED) is 0.659. The van der Waals surface area contributed by atoms with Crippen molar-refractivity contribution >= 4 is 0 Å². The highest BCUT2D eigenvalue weighted by Crippen LogP contribution is 2.08. The second-order valence-electron chi connectivity index (χ2n) is 3.39. The van der Waals surface area contributed by atoms with E-state index in [0.717, 1.165) is 0 Å². The predicted octanol–water partition coefficient (Wildman–Crippen LogP) is 0.574. The molecule has 0 aliphatic heterocycles. The van der Waals surface area contributed by atoms with Crippen molar-refractivity contribution in [3.05, 3.63) is 18.1 Å². The van der Waals surface area contributed by atoms with E-state index < -0.39 is 5.54 Å². The summed E-state index contributed by atoms with van der Waals surface area (Å²) in [5.74, 6) is 6.11. The van der Waals surface area contributed by atoms with E-state index in [1.54, 1.807) is 12.4 Å². The van der Waals surface area contributed by atoms with E-state index in [2.05, 4.69) is 21.8 Å². The molecule has 74 valence electrons. The molecule has 0 amide bonds. The van der Waals surface area contributed by atoms with Crippen molar-refractivity contribution in [2.45, 2.75) is 19.4 Å². The average Bonchev–Trinajstić information content (AvgIpc) is 2.14. The molecule has 0 radical (unpaired) electrons. The lowest BCUT2D eigenvalue weighted by Gasteiger charge is -2.07. The highest BCUT2D eigenvalue weighted by molar-refractivity contribution is 5.37. The minimum atomic E-state index is -0.539. The molecule has 0 fully saturated rings. The lowest BCUT2D eigenvalue weighted by Crippen LogP contribution is -2.29. The molecule has 0 spiro atoms. The van der Waals surface area contributed by atoms with E-state index in [9.17, 15) is 0 Å². The molecule has 0 saturated carbocycles. The van der Waals surface area contributed by atoms with Crippen molar-refractivity contribution in [2.24, 2.45) is 5.73 Å². The van der Waals surface area contributed by atoms with Gasteiger partial charge in [0.25, 0.3) is 0 Å². The van der Waals surface area contributed by atoms with Crippen LogP contribution in [0.1, 0.15) is 19.5 Å². The number of aromatic nitrogens is 2. The van der Waals surface area contributed by atoms with E-state index in [1.807, 2.05) is 13.8 Å². The maximum absolute atomic E-state index is 5.71. The summed E-state index contributed by atoms with van der Waals surface area (Å²) >= 11 is 0. The van der Waals surface area contributed by atoms with E-state index in [-0.39, 0.29) is 0 Å². The Morgan fingerprint density at radius 3 is 2.57 bits per heavy atom. The number of hydrogen-bond donors (Lipinski definition) is 1. The molecular weight excluding hydrogens is 178 g/mol. The number of ether oxygens (including phenoxy) is 1. The van der Waals surface area contributed by atoms with Crippen molar-refractivity contribution in [3.8, 4) is 17.7 Å². The Kier molecular flexibility index (Phi) is 3.05. The van der Waals surface area contributed by atoms with Crippen LogP contribution in [0.3, 0.4) is 0 Å². The monoisotopic (exact) mass is 191 g/mol. The molecule has 4 heteroatoms. The first-order valence-electron chi connectivity index (χ1n) is 4.20. The maximum Gasteiger partial charge on any atom is 0.248 e. The topological polar surface area (TPSA) is 61.0 Å². The molecule has 1 rings (SSSR count). The van der Waals surface area contributed by atoms with Gasteiger partial charge in [-0.3, -0.25) is 0 Å². The van der Waals surface area contributed by atoms with Crippen LogP contribution in [0.15, 0.2) is 12.4 Å². The molecule has 0 unspecified atom stereocenters. The standard InChI is InChI=1S/C10H13N3O/c1-10(2,11)5-4-8-9(14-3)13-7-6-12-8/h6-7H,11H2,1-3H3. The fraction of sp³-hybridized carbons (Fsp3) is 0.400. The largest absolute Gasteiger partial charge is 0.479 e. The number of nitrogens with two attached hydrogens (primary N) is 1. The molecule has 0 atom stereocenters. The van der Waals surface area contributed by atoms with Crippen LogP contribution in [0.2, 0.25) is 0 Å². The van der Waals surface area contributed by atoms with E-state index in [1.165, 1.54) is 7.11 Å². The third-order valence-electron chi connectivity index (χ3n) is 1.36. The molecule has 0 aliphatic carbocycles. The molecule has 14 heavy (non-hydrogen) atoms. The molecule has 1 aromatic rings. The van der Waals surface area contributed by atoms with E-state index in [0.29, 0.717) is 11.6 Å². The van der Waals surface area contributed by atoms with Crippen LogP contribution in [0, 0.1) is 11.8 Å². The van der Waals surface area contributed by atoms with Gasteiger partial charge in [0.05, 0.1) is 12.6 Å². The number of methoxy groups -OCH3 is 1. The van der Waals surface area contributed by atoms with Crippen LogP contribution >= 0.6 is 0 Å². The van der Waals surface area contributed by atoms with Crippen LogP contribution in [0.4, 0.5) is 0 Å². The Bertz CT molecular complexity index is 371. The van der Waals surface area contributed by atoms with Gasteiger partial charge in [-0.15, -0.1) is 0 Å². The highest BCUT2D eigenvalue weighted by atomic mass is 16.5. The Balaban J connectivity index is 3.00. The number of rotatable bonds is 1. The molecule has 4 nitrogen and oxygen atoms in total. The maximum atomic E-state index is 5.71. The van der Waals surface area contributed by atoms with Crippen molar-refractivity contribution in [1.82, 2.24) is 9.97 Å². The van der Waals surface area contributed by atoms with Gasteiger partial charge in [-0.25, -0.2) is 9.97 Å². The van der Waals surface area contributed by atoms with Crippen molar-refractivity contribution < 1.29 is 4.74 Å². The zero-order valence-electron chi connectivity index (χ0n) is 8.53. The van der Waals surface area contributed by atoms with Gasteiger partial charge in [-0.1, -0.05) is 5.92 Å². The minimum absolute atomic E-state index is 0.421. The average molecular weight is 191 g/mol. The van der Waals surface area contributed by atoms with Gasteiger partial charge in [-0.05, 0) is 19.8 Å². The van der Waals surface area contributed by atoms with Gasteiger partial charge >= 0.3 is 0 Å². The lowest BCUT2D eigenvalue weighted by molar-refractivity contribution is 0.394. The summed E-state index contributed by atoms with van der Waals surface area (Å²) in [6.45, 7) is 3.64. The summed E-state index contributed by atoms with van der Waals surface area (Å²) in [4.78, 5) is 8.01. The normalized spacial score (nSPS) is 10.3. The van der Waals surface area contributed by atoms with Crippen LogP contribution in [-0.4, -0.2) is 22.6 Å². The summed E-state index contributed by atoms with van der Waals surface area (Å²) in [6.07, 6.45) is 3.12. The van der Waals surface area contributed by atoms with Crippen molar-refractivity contribution in [2.75, 3.05) is 7.11 Å². The molecule has 0 bridgehead atoms. The molecule has 2 N–H and O–H groups in total. The van der Waals surface area contributed by atoms with Gasteiger partial charge < -0.3 is 10.5 Å². The fourth-order valence-electron chi connectivity index (χ4n) is 0.781. The van der Waals surface area contributed by atoms with Crippen LogP contribution in [0.5, 0.6) is 5.88 Å². The highest BCUT2D eigenvalue weighted by Gasteiger charge is 2.06. The molecule has 1 aromatic heterocycles. The third kappa shape index (κ3) is 3.04. The minimum Gasteiger partial charge on any atom is -0.479 e. The second kappa shape index (κ2) is 4.07.